The third-order valence-corrected chi connectivity index (χ3v) is 5.81. The molecule has 1 N–H and O–H groups in total. The lowest BCUT2D eigenvalue weighted by atomic mass is 10.2. The van der Waals surface area contributed by atoms with Crippen molar-refractivity contribution < 1.29 is 28.5 Å². The van der Waals surface area contributed by atoms with Crippen LogP contribution in [0.3, 0.4) is 0 Å². The zero-order chi connectivity index (χ0) is 27.1. The highest BCUT2D eigenvalue weighted by Gasteiger charge is 2.32. The molecular formula is C28H34N4O6. The summed E-state index contributed by atoms with van der Waals surface area (Å²) in [6.07, 6.45) is 3.07. The first kappa shape index (κ1) is 26.8. The van der Waals surface area contributed by atoms with Crippen LogP contribution in [0.5, 0.6) is 34.9 Å². The Bertz CT molecular complexity index is 1210. The maximum absolute atomic E-state index is 12.7. The van der Waals surface area contributed by atoms with Crippen molar-refractivity contribution in [2.24, 2.45) is 0 Å². The number of ether oxygens (including phenoxy) is 5. The largest absolute Gasteiger partial charge is 0.497 e. The number of methoxy groups -OCH3 is 2. The summed E-state index contributed by atoms with van der Waals surface area (Å²) in [5.41, 5.74) is 0.0175. The molecule has 0 radical (unpaired) electrons. The van der Waals surface area contributed by atoms with Gasteiger partial charge < -0.3 is 33.9 Å². The normalized spacial score (nSPS) is 15.1. The predicted octanol–water partition coefficient (Wildman–Crippen LogP) is 5.89. The van der Waals surface area contributed by atoms with Gasteiger partial charge in [0.15, 0.2) is 0 Å². The second-order valence-electron chi connectivity index (χ2n) is 9.78. The lowest BCUT2D eigenvalue weighted by Gasteiger charge is -2.29. The maximum Gasteiger partial charge on any atom is 0.410 e. The Morgan fingerprint density at radius 2 is 1.53 bits per heavy atom. The van der Waals surface area contributed by atoms with E-state index < -0.39 is 5.60 Å². The van der Waals surface area contributed by atoms with Gasteiger partial charge in [-0.15, -0.1) is 0 Å². The second kappa shape index (κ2) is 11.9. The molecule has 1 saturated heterocycles. The molecule has 1 fully saturated rings. The number of carbonyl (C=O) groups excluding carboxylic acids is 1. The zero-order valence-electron chi connectivity index (χ0n) is 22.4. The van der Waals surface area contributed by atoms with E-state index in [1.54, 1.807) is 73.8 Å². The van der Waals surface area contributed by atoms with E-state index in [2.05, 4.69) is 15.3 Å². The molecule has 0 saturated carbocycles. The molecule has 1 atom stereocenters. The van der Waals surface area contributed by atoms with Gasteiger partial charge in [0.25, 0.3) is 0 Å². The average molecular weight is 523 g/mol. The summed E-state index contributed by atoms with van der Waals surface area (Å²) in [4.78, 5) is 23.3. The molecule has 10 heteroatoms. The van der Waals surface area contributed by atoms with Crippen LogP contribution in [0, 0.1) is 0 Å². The Morgan fingerprint density at radius 1 is 0.947 bits per heavy atom. The highest BCUT2D eigenvalue weighted by atomic mass is 16.6. The monoisotopic (exact) mass is 522 g/mol. The van der Waals surface area contributed by atoms with Crippen molar-refractivity contribution in [2.45, 2.75) is 45.3 Å². The maximum atomic E-state index is 12.7. The second-order valence-corrected chi connectivity index (χ2v) is 9.78. The number of nitrogens with one attached hydrogen (secondary N) is 1. The Balaban J connectivity index is 1.52. The van der Waals surface area contributed by atoms with Crippen LogP contribution in [0.15, 0.2) is 54.7 Å². The quantitative estimate of drug-likeness (QED) is 0.368. The van der Waals surface area contributed by atoms with Gasteiger partial charge in [0.2, 0.25) is 5.88 Å². The van der Waals surface area contributed by atoms with E-state index in [-0.39, 0.29) is 24.0 Å². The molecule has 3 aromatic rings. The summed E-state index contributed by atoms with van der Waals surface area (Å²) in [7, 11) is 3.21. The van der Waals surface area contributed by atoms with Gasteiger partial charge in [-0.2, -0.15) is 4.98 Å². The molecule has 1 aliphatic rings. The molecule has 2 aromatic carbocycles. The summed E-state index contributed by atoms with van der Waals surface area (Å²) in [5.74, 6) is 2.84. The highest BCUT2D eigenvalue weighted by Crippen LogP contribution is 2.32. The number of carbonyl (C=O) groups is 1. The van der Waals surface area contributed by atoms with E-state index in [1.807, 2.05) is 20.8 Å². The molecule has 38 heavy (non-hydrogen) atoms. The summed E-state index contributed by atoms with van der Waals surface area (Å²) < 4.78 is 28.0. The number of amides is 1. The predicted molar refractivity (Wildman–Crippen MR) is 143 cm³/mol. The van der Waals surface area contributed by atoms with Crippen molar-refractivity contribution in [1.82, 2.24) is 14.9 Å². The molecule has 0 spiro atoms. The summed E-state index contributed by atoms with van der Waals surface area (Å²) >= 11 is 0. The van der Waals surface area contributed by atoms with E-state index in [0.29, 0.717) is 41.8 Å². The van der Waals surface area contributed by atoms with Gasteiger partial charge in [0.05, 0.1) is 26.5 Å². The summed E-state index contributed by atoms with van der Waals surface area (Å²) in [5, 5.41) is 3.36. The fourth-order valence-electron chi connectivity index (χ4n) is 3.94. The third-order valence-electron chi connectivity index (χ3n) is 5.81. The fraction of sp³-hybridized carbons (Fsp3) is 0.393. The van der Waals surface area contributed by atoms with E-state index in [4.69, 9.17) is 23.7 Å². The Labute approximate surface area is 222 Å². The molecule has 1 unspecified atom stereocenters. The van der Waals surface area contributed by atoms with Crippen molar-refractivity contribution >= 4 is 11.8 Å². The van der Waals surface area contributed by atoms with Gasteiger partial charge in [-0.1, -0.05) is 0 Å². The summed E-state index contributed by atoms with van der Waals surface area (Å²) in [6.45, 7) is 6.74. The van der Waals surface area contributed by atoms with E-state index in [1.165, 1.54) is 0 Å². The van der Waals surface area contributed by atoms with Crippen molar-refractivity contribution in [1.29, 1.82) is 0 Å². The van der Waals surface area contributed by atoms with Gasteiger partial charge in [-0.05, 0) is 82.1 Å². The Morgan fingerprint density at radius 3 is 2.11 bits per heavy atom. The first-order chi connectivity index (χ1) is 18.2. The fourth-order valence-corrected chi connectivity index (χ4v) is 3.94. The molecule has 1 aromatic heterocycles. The van der Waals surface area contributed by atoms with Crippen molar-refractivity contribution in [2.75, 3.05) is 32.6 Å². The molecule has 10 nitrogen and oxygen atoms in total. The van der Waals surface area contributed by atoms with Crippen LogP contribution in [-0.2, 0) is 4.74 Å². The van der Waals surface area contributed by atoms with Crippen LogP contribution >= 0.6 is 0 Å². The first-order valence-electron chi connectivity index (χ1n) is 12.5. The van der Waals surface area contributed by atoms with Gasteiger partial charge in [0, 0.05) is 13.1 Å². The number of anilines is 1. The minimum Gasteiger partial charge on any atom is -0.497 e. The van der Waals surface area contributed by atoms with E-state index in [9.17, 15) is 4.79 Å². The molecule has 4 rings (SSSR count). The van der Waals surface area contributed by atoms with Crippen LogP contribution in [0.2, 0.25) is 0 Å². The van der Waals surface area contributed by atoms with Crippen LogP contribution in [-0.4, -0.2) is 59.9 Å². The smallest absolute Gasteiger partial charge is 0.410 e. The van der Waals surface area contributed by atoms with Crippen LogP contribution in [0.25, 0.3) is 0 Å². The molecule has 0 bridgehead atoms. The van der Waals surface area contributed by atoms with Gasteiger partial charge >= 0.3 is 12.1 Å². The summed E-state index contributed by atoms with van der Waals surface area (Å²) in [6, 6.07) is 14.4. The van der Waals surface area contributed by atoms with Crippen LogP contribution in [0.4, 0.5) is 10.5 Å². The average Bonchev–Trinajstić information content (AvgIpc) is 3.37. The number of rotatable bonds is 9. The SMILES string of the molecule is COc1ccc(Oc2ncc(NCC3CCCN3C(=O)OC(C)(C)C)c(Oc3ccc(OC)cc3)n2)cc1. The van der Waals surface area contributed by atoms with Crippen molar-refractivity contribution in [3.05, 3.63) is 54.7 Å². The number of hydrogen-bond acceptors (Lipinski definition) is 9. The Kier molecular flexibility index (Phi) is 8.40. The highest BCUT2D eigenvalue weighted by molar-refractivity contribution is 5.69. The molecule has 0 aliphatic carbocycles. The van der Waals surface area contributed by atoms with Crippen molar-refractivity contribution in [3.8, 4) is 34.9 Å². The van der Waals surface area contributed by atoms with Crippen LogP contribution < -0.4 is 24.3 Å². The van der Waals surface area contributed by atoms with Gasteiger partial charge in [0.1, 0.15) is 34.3 Å². The number of likely N-dealkylation sites (tertiary alicyclic amines) is 1. The molecular weight excluding hydrogens is 488 g/mol. The Hall–Kier alpha value is -4.21. The zero-order valence-corrected chi connectivity index (χ0v) is 22.4. The molecule has 202 valence electrons. The molecule has 1 amide bonds. The van der Waals surface area contributed by atoms with E-state index >= 15 is 0 Å². The topological polar surface area (TPSA) is 104 Å². The minimum atomic E-state index is -0.551. The third kappa shape index (κ3) is 7.18. The standard InChI is InChI=1S/C28H34N4O6/c1-28(2,3)38-27(33)32-16-6-7-19(32)17-29-24-18-30-26(37-23-14-10-21(35-5)11-15-23)31-25(24)36-22-12-8-20(34-4)9-13-22/h8-15,18-19,29H,6-7,16-17H2,1-5H3. The number of hydrogen-bond donors (Lipinski definition) is 1. The lowest BCUT2D eigenvalue weighted by molar-refractivity contribution is 0.0235. The van der Waals surface area contributed by atoms with Crippen LogP contribution in [0.1, 0.15) is 33.6 Å². The lowest BCUT2D eigenvalue weighted by Crippen LogP contribution is -2.42. The van der Waals surface area contributed by atoms with Crippen molar-refractivity contribution in [3.63, 3.8) is 0 Å². The number of benzene rings is 2. The molecule has 2 heterocycles. The van der Waals surface area contributed by atoms with E-state index in [0.717, 1.165) is 12.8 Å². The first-order valence-corrected chi connectivity index (χ1v) is 12.5. The van der Waals surface area contributed by atoms with Gasteiger partial charge in [-0.3, -0.25) is 0 Å². The number of nitrogens with zero attached hydrogens (tertiary/aromatic N) is 3. The number of aromatic nitrogens is 2. The minimum absolute atomic E-state index is 0.0334. The van der Waals surface area contributed by atoms with Gasteiger partial charge in [-0.25, -0.2) is 9.78 Å². The molecule has 1 aliphatic heterocycles.